The minimum Gasteiger partial charge on any atom is -0.480 e. The minimum absolute atomic E-state index is 0.0195. The number of hydrogen-bond donors (Lipinski definition) is 4. The summed E-state index contributed by atoms with van der Waals surface area (Å²) in [5, 5.41) is 13.4. The van der Waals surface area contributed by atoms with Gasteiger partial charge in [-0.15, -0.1) is 0 Å². The summed E-state index contributed by atoms with van der Waals surface area (Å²) in [4.78, 5) is 33.7. The van der Waals surface area contributed by atoms with Crippen LogP contribution in [0.25, 0.3) is 0 Å². The summed E-state index contributed by atoms with van der Waals surface area (Å²) in [6, 6.07) is 5.49. The van der Waals surface area contributed by atoms with E-state index in [4.69, 9.17) is 10.8 Å². The van der Waals surface area contributed by atoms with Gasteiger partial charge in [-0.05, 0) is 30.2 Å². The largest absolute Gasteiger partial charge is 0.480 e. The Morgan fingerprint density at radius 1 is 1.19 bits per heavy atom. The van der Waals surface area contributed by atoms with Gasteiger partial charge in [-0.25, -0.2) is 0 Å². The third kappa shape index (κ3) is 5.23. The van der Waals surface area contributed by atoms with E-state index in [9.17, 15) is 14.4 Å². The number of hydrogen-bond acceptors (Lipinski definition) is 4. The predicted molar refractivity (Wildman–Crippen MR) is 77.9 cm³/mol. The highest BCUT2D eigenvalue weighted by Crippen LogP contribution is 2.11. The number of benzene rings is 1. The molecule has 0 bridgehead atoms. The van der Waals surface area contributed by atoms with Crippen molar-refractivity contribution in [1.29, 1.82) is 0 Å². The lowest BCUT2D eigenvalue weighted by Gasteiger charge is -2.15. The number of carbonyl (C=O) groups is 3. The van der Waals surface area contributed by atoms with Crippen LogP contribution in [0.15, 0.2) is 24.3 Å². The third-order valence-electron chi connectivity index (χ3n) is 2.84. The van der Waals surface area contributed by atoms with Crippen molar-refractivity contribution in [1.82, 2.24) is 5.32 Å². The summed E-state index contributed by atoms with van der Waals surface area (Å²) in [7, 11) is 0. The van der Waals surface area contributed by atoms with E-state index >= 15 is 0 Å². The number of carboxylic acids is 1. The van der Waals surface area contributed by atoms with E-state index in [1.54, 1.807) is 12.1 Å². The van der Waals surface area contributed by atoms with Crippen molar-refractivity contribution in [2.45, 2.75) is 19.9 Å². The van der Waals surface area contributed by atoms with Gasteiger partial charge in [0, 0.05) is 11.3 Å². The lowest BCUT2D eigenvalue weighted by atomic mass is 10.0. The smallest absolute Gasteiger partial charge is 0.322 e. The fraction of sp³-hybridized carbons (Fsp3) is 0.357. The molecule has 114 valence electrons. The van der Waals surface area contributed by atoms with Crippen LogP contribution in [0.1, 0.15) is 24.2 Å². The van der Waals surface area contributed by atoms with Crippen LogP contribution in [0, 0.1) is 5.92 Å². The van der Waals surface area contributed by atoms with Crippen molar-refractivity contribution in [3.8, 4) is 0 Å². The number of aliphatic carboxylic acids is 1. The van der Waals surface area contributed by atoms with Crippen LogP contribution < -0.4 is 16.4 Å². The molecule has 0 saturated carbocycles. The highest BCUT2D eigenvalue weighted by molar-refractivity contribution is 5.97. The molecule has 21 heavy (non-hydrogen) atoms. The molecule has 0 fully saturated rings. The van der Waals surface area contributed by atoms with E-state index in [0.29, 0.717) is 11.3 Å². The lowest BCUT2D eigenvalue weighted by molar-refractivity contribution is -0.135. The number of anilines is 1. The summed E-state index contributed by atoms with van der Waals surface area (Å²) < 4.78 is 0. The first kappa shape index (κ1) is 16.6. The Morgan fingerprint density at radius 3 is 2.24 bits per heavy atom. The Kier molecular flexibility index (Phi) is 5.86. The minimum atomic E-state index is -1.12. The number of carboxylic acid groups (broad SMARTS) is 1. The highest BCUT2D eigenvalue weighted by atomic mass is 16.4. The molecule has 0 radical (unpaired) electrons. The first-order chi connectivity index (χ1) is 9.81. The number of nitrogens with two attached hydrogens (primary N) is 1. The first-order valence-electron chi connectivity index (χ1n) is 6.47. The molecule has 0 aliphatic heterocycles. The van der Waals surface area contributed by atoms with Crippen LogP contribution in [0.5, 0.6) is 0 Å². The molecular weight excluding hydrogens is 274 g/mol. The summed E-state index contributed by atoms with van der Waals surface area (Å²) in [5.41, 5.74) is 6.55. The molecule has 1 unspecified atom stereocenters. The standard InChI is InChI=1S/C14H19N3O4/c1-8(2)12(15)14(21)17-10-5-3-9(4-6-10)13(20)16-7-11(18)19/h3-6,8,12H,7,15H2,1-2H3,(H,16,20)(H,17,21)(H,18,19). The normalized spacial score (nSPS) is 11.8. The van der Waals surface area contributed by atoms with E-state index in [1.807, 2.05) is 13.8 Å². The van der Waals surface area contributed by atoms with Gasteiger partial charge in [0.1, 0.15) is 6.54 Å². The molecule has 0 heterocycles. The van der Waals surface area contributed by atoms with Gasteiger partial charge in [0.15, 0.2) is 0 Å². The Bertz CT molecular complexity index is 526. The molecule has 7 nitrogen and oxygen atoms in total. The average Bonchev–Trinajstić information content (AvgIpc) is 2.44. The number of amides is 2. The fourth-order valence-corrected chi connectivity index (χ4v) is 1.49. The molecule has 1 aromatic carbocycles. The van der Waals surface area contributed by atoms with Gasteiger partial charge < -0.3 is 21.5 Å². The van der Waals surface area contributed by atoms with Crippen molar-refractivity contribution in [3.05, 3.63) is 29.8 Å². The zero-order valence-electron chi connectivity index (χ0n) is 11.9. The second-order valence-corrected chi connectivity index (χ2v) is 4.91. The van der Waals surface area contributed by atoms with Crippen LogP contribution in [-0.4, -0.2) is 35.5 Å². The zero-order valence-corrected chi connectivity index (χ0v) is 11.9. The SMILES string of the molecule is CC(C)C(N)C(=O)Nc1ccc(C(=O)NCC(=O)O)cc1. The van der Waals surface area contributed by atoms with Gasteiger partial charge in [-0.3, -0.25) is 14.4 Å². The Hall–Kier alpha value is -2.41. The topological polar surface area (TPSA) is 122 Å². The third-order valence-corrected chi connectivity index (χ3v) is 2.84. The van der Waals surface area contributed by atoms with Crippen molar-refractivity contribution in [2.75, 3.05) is 11.9 Å². The second kappa shape index (κ2) is 7.39. The van der Waals surface area contributed by atoms with Crippen LogP contribution in [0.4, 0.5) is 5.69 Å². The maximum atomic E-state index is 11.8. The average molecular weight is 293 g/mol. The maximum absolute atomic E-state index is 11.8. The lowest BCUT2D eigenvalue weighted by Crippen LogP contribution is -2.39. The van der Waals surface area contributed by atoms with Crippen LogP contribution in [0.3, 0.4) is 0 Å². The quantitative estimate of drug-likeness (QED) is 0.605. The molecule has 7 heteroatoms. The summed E-state index contributed by atoms with van der Waals surface area (Å²) in [5.74, 6) is -1.89. The van der Waals surface area contributed by atoms with Gasteiger partial charge in [0.05, 0.1) is 6.04 Å². The zero-order chi connectivity index (χ0) is 16.0. The van der Waals surface area contributed by atoms with E-state index in [-0.39, 0.29) is 11.8 Å². The first-order valence-corrected chi connectivity index (χ1v) is 6.47. The number of carbonyl (C=O) groups excluding carboxylic acids is 2. The van der Waals surface area contributed by atoms with E-state index in [1.165, 1.54) is 12.1 Å². The molecule has 1 rings (SSSR count). The Balaban J connectivity index is 2.64. The van der Waals surface area contributed by atoms with Crippen LogP contribution in [0.2, 0.25) is 0 Å². The van der Waals surface area contributed by atoms with Crippen LogP contribution in [-0.2, 0) is 9.59 Å². The predicted octanol–water partition coefficient (Wildman–Crippen LogP) is 0.423. The molecule has 0 saturated heterocycles. The number of nitrogens with one attached hydrogen (secondary N) is 2. The molecular formula is C14H19N3O4. The monoisotopic (exact) mass is 293 g/mol. The van der Waals surface area contributed by atoms with Gasteiger partial charge in [-0.1, -0.05) is 13.8 Å². The van der Waals surface area contributed by atoms with Crippen molar-refractivity contribution in [2.24, 2.45) is 11.7 Å². The van der Waals surface area contributed by atoms with Gasteiger partial charge in [0.2, 0.25) is 5.91 Å². The van der Waals surface area contributed by atoms with Crippen molar-refractivity contribution < 1.29 is 19.5 Å². The van der Waals surface area contributed by atoms with Crippen molar-refractivity contribution >= 4 is 23.5 Å². The van der Waals surface area contributed by atoms with Gasteiger partial charge in [0.25, 0.3) is 5.91 Å². The molecule has 0 spiro atoms. The molecule has 0 aliphatic carbocycles. The Labute approximate surface area is 122 Å². The number of rotatable bonds is 6. The molecule has 0 aromatic heterocycles. The summed E-state index contributed by atoms with van der Waals surface area (Å²) in [6.07, 6.45) is 0. The maximum Gasteiger partial charge on any atom is 0.322 e. The summed E-state index contributed by atoms with van der Waals surface area (Å²) >= 11 is 0. The van der Waals surface area contributed by atoms with E-state index in [0.717, 1.165) is 0 Å². The highest BCUT2D eigenvalue weighted by Gasteiger charge is 2.17. The summed E-state index contributed by atoms with van der Waals surface area (Å²) in [6.45, 7) is 3.25. The van der Waals surface area contributed by atoms with Crippen molar-refractivity contribution in [3.63, 3.8) is 0 Å². The molecule has 1 atom stereocenters. The molecule has 0 aliphatic rings. The van der Waals surface area contributed by atoms with Crippen LogP contribution >= 0.6 is 0 Å². The Morgan fingerprint density at radius 2 is 1.76 bits per heavy atom. The van der Waals surface area contributed by atoms with Gasteiger partial charge >= 0.3 is 5.97 Å². The van der Waals surface area contributed by atoms with E-state index < -0.39 is 24.5 Å². The molecule has 5 N–H and O–H groups in total. The molecule has 1 aromatic rings. The van der Waals surface area contributed by atoms with Gasteiger partial charge in [-0.2, -0.15) is 0 Å². The molecule has 2 amide bonds. The fourth-order valence-electron chi connectivity index (χ4n) is 1.49. The van der Waals surface area contributed by atoms with E-state index in [2.05, 4.69) is 10.6 Å². The second-order valence-electron chi connectivity index (χ2n) is 4.91.